The van der Waals surface area contributed by atoms with Crippen molar-refractivity contribution < 1.29 is 19.0 Å². The van der Waals surface area contributed by atoms with E-state index in [0.29, 0.717) is 26.2 Å². The number of esters is 1. The quantitative estimate of drug-likeness (QED) is 0.572. The van der Waals surface area contributed by atoms with Crippen molar-refractivity contribution in [3.05, 3.63) is 12.2 Å². The molecule has 1 saturated heterocycles. The molecule has 102 valence electrons. The van der Waals surface area contributed by atoms with Crippen LogP contribution in [0.2, 0.25) is 0 Å². The van der Waals surface area contributed by atoms with Crippen molar-refractivity contribution in [2.75, 3.05) is 19.8 Å². The van der Waals surface area contributed by atoms with Gasteiger partial charge >= 0.3 is 5.97 Å². The molecule has 2 atom stereocenters. The average molecular weight is 254 g/mol. The van der Waals surface area contributed by atoms with Gasteiger partial charge in [0, 0.05) is 12.8 Å². The van der Waals surface area contributed by atoms with Crippen LogP contribution in [-0.4, -0.2) is 31.6 Å². The molecule has 2 aliphatic rings. The highest BCUT2D eigenvalue weighted by Gasteiger charge is 2.45. The summed E-state index contributed by atoms with van der Waals surface area (Å²) < 4.78 is 16.6. The van der Waals surface area contributed by atoms with Crippen LogP contribution in [0.5, 0.6) is 0 Å². The molecule has 0 aromatic heterocycles. The van der Waals surface area contributed by atoms with Gasteiger partial charge in [0.1, 0.15) is 0 Å². The van der Waals surface area contributed by atoms with Crippen LogP contribution in [0.25, 0.3) is 0 Å². The molecule has 0 radical (unpaired) electrons. The largest absolute Gasteiger partial charge is 0.466 e. The Balaban J connectivity index is 2.05. The predicted octanol–water partition coefficient (Wildman–Crippen LogP) is 2.29. The van der Waals surface area contributed by atoms with Gasteiger partial charge in [0.25, 0.3) is 0 Å². The summed E-state index contributed by atoms with van der Waals surface area (Å²) >= 11 is 0. The summed E-state index contributed by atoms with van der Waals surface area (Å²) in [5.41, 5.74) is 1.11. The monoisotopic (exact) mass is 254 g/mol. The lowest BCUT2D eigenvalue weighted by Gasteiger charge is -2.39. The topological polar surface area (TPSA) is 44.8 Å². The third kappa shape index (κ3) is 2.59. The van der Waals surface area contributed by atoms with Crippen molar-refractivity contribution in [3.8, 4) is 0 Å². The van der Waals surface area contributed by atoms with Gasteiger partial charge in [0.2, 0.25) is 0 Å². The van der Waals surface area contributed by atoms with Crippen LogP contribution >= 0.6 is 0 Å². The average Bonchev–Trinajstić information content (AvgIpc) is 2.81. The molecular formula is C14H22O4. The molecule has 1 unspecified atom stereocenters. The van der Waals surface area contributed by atoms with Gasteiger partial charge < -0.3 is 14.2 Å². The van der Waals surface area contributed by atoms with Crippen LogP contribution in [0, 0.1) is 11.8 Å². The predicted molar refractivity (Wildman–Crippen MR) is 66.9 cm³/mol. The van der Waals surface area contributed by atoms with Crippen molar-refractivity contribution in [1.29, 1.82) is 0 Å². The molecule has 18 heavy (non-hydrogen) atoms. The molecule has 0 aromatic rings. The fraction of sp³-hybridized carbons (Fsp3) is 0.786. The van der Waals surface area contributed by atoms with Gasteiger partial charge in [0.15, 0.2) is 5.79 Å². The summed E-state index contributed by atoms with van der Waals surface area (Å²) in [5, 5.41) is 0. The van der Waals surface area contributed by atoms with E-state index < -0.39 is 5.79 Å². The molecule has 0 N–H and O–H groups in total. The fourth-order valence-electron chi connectivity index (χ4n) is 2.85. The molecule has 1 aliphatic heterocycles. The molecular weight excluding hydrogens is 232 g/mol. The molecule has 0 aromatic carbocycles. The van der Waals surface area contributed by atoms with Gasteiger partial charge in [-0.05, 0) is 19.3 Å². The maximum atomic E-state index is 11.8. The minimum Gasteiger partial charge on any atom is -0.466 e. The zero-order valence-electron chi connectivity index (χ0n) is 11.2. The number of hydrogen-bond acceptors (Lipinski definition) is 4. The smallest absolute Gasteiger partial charge is 0.309 e. The Labute approximate surface area is 108 Å². The second kappa shape index (κ2) is 5.41. The highest BCUT2D eigenvalue weighted by atomic mass is 16.7. The van der Waals surface area contributed by atoms with Gasteiger partial charge in [-0.15, -0.1) is 0 Å². The van der Waals surface area contributed by atoms with Crippen LogP contribution < -0.4 is 0 Å². The molecule has 1 spiro atoms. The molecule has 4 nitrogen and oxygen atoms in total. The molecule has 4 heteroatoms. The van der Waals surface area contributed by atoms with Gasteiger partial charge in [-0.1, -0.05) is 19.1 Å². The van der Waals surface area contributed by atoms with E-state index in [9.17, 15) is 4.79 Å². The summed E-state index contributed by atoms with van der Waals surface area (Å²) in [6.45, 7) is 9.53. The Bertz CT molecular complexity index is 331. The third-order valence-corrected chi connectivity index (χ3v) is 3.96. The first kappa shape index (κ1) is 13.6. The van der Waals surface area contributed by atoms with E-state index in [-0.39, 0.29) is 17.8 Å². The van der Waals surface area contributed by atoms with Crippen molar-refractivity contribution in [2.45, 2.75) is 38.9 Å². The Kier molecular flexibility index (Phi) is 4.07. The summed E-state index contributed by atoms with van der Waals surface area (Å²) in [6.07, 6.45) is 2.41. The van der Waals surface area contributed by atoms with Crippen LogP contribution in [0.15, 0.2) is 12.2 Å². The van der Waals surface area contributed by atoms with Crippen LogP contribution in [0.1, 0.15) is 33.1 Å². The fourth-order valence-corrected chi connectivity index (χ4v) is 2.85. The highest BCUT2D eigenvalue weighted by molar-refractivity contribution is 5.72. The molecule has 1 aliphatic carbocycles. The minimum atomic E-state index is -0.480. The first-order chi connectivity index (χ1) is 8.58. The van der Waals surface area contributed by atoms with E-state index in [2.05, 4.69) is 6.58 Å². The van der Waals surface area contributed by atoms with Crippen molar-refractivity contribution >= 4 is 5.97 Å². The first-order valence-corrected chi connectivity index (χ1v) is 6.70. The summed E-state index contributed by atoms with van der Waals surface area (Å²) in [7, 11) is 0. The Morgan fingerprint density at radius 2 is 2.22 bits per heavy atom. The lowest BCUT2D eigenvalue weighted by Crippen LogP contribution is -2.40. The number of rotatable bonds is 3. The second-order valence-corrected chi connectivity index (χ2v) is 5.12. The number of carbonyl (C=O) groups excluding carboxylic acids is 1. The minimum absolute atomic E-state index is 0.0934. The normalized spacial score (nSPS) is 28.3. The van der Waals surface area contributed by atoms with E-state index in [1.807, 2.05) is 13.8 Å². The standard InChI is InChI=1S/C14H22O4/c1-4-16-13(15)11(3)12-9-14(6-5-10(12)2)17-7-8-18-14/h11-12H,2,4-9H2,1,3H3/t11-,12?/m1/s1. The van der Waals surface area contributed by atoms with Gasteiger partial charge in [-0.3, -0.25) is 4.79 Å². The Hall–Kier alpha value is -0.870. The van der Waals surface area contributed by atoms with Crippen molar-refractivity contribution in [1.82, 2.24) is 0 Å². The van der Waals surface area contributed by atoms with Crippen molar-refractivity contribution in [3.63, 3.8) is 0 Å². The Morgan fingerprint density at radius 1 is 1.56 bits per heavy atom. The third-order valence-electron chi connectivity index (χ3n) is 3.96. The number of carbonyl (C=O) groups is 1. The Morgan fingerprint density at radius 3 is 2.83 bits per heavy atom. The van der Waals surface area contributed by atoms with E-state index >= 15 is 0 Å². The van der Waals surface area contributed by atoms with Gasteiger partial charge in [-0.25, -0.2) is 0 Å². The van der Waals surface area contributed by atoms with E-state index in [1.54, 1.807) is 0 Å². The van der Waals surface area contributed by atoms with Crippen LogP contribution in [-0.2, 0) is 19.0 Å². The van der Waals surface area contributed by atoms with Crippen molar-refractivity contribution in [2.24, 2.45) is 11.8 Å². The van der Waals surface area contributed by atoms with Gasteiger partial charge in [-0.2, -0.15) is 0 Å². The maximum Gasteiger partial charge on any atom is 0.309 e. The highest BCUT2D eigenvalue weighted by Crippen LogP contribution is 2.43. The van der Waals surface area contributed by atoms with E-state index in [0.717, 1.165) is 18.4 Å². The number of ether oxygens (including phenoxy) is 3. The molecule has 2 fully saturated rings. The molecule has 1 saturated carbocycles. The van der Waals surface area contributed by atoms with E-state index in [4.69, 9.17) is 14.2 Å². The molecule has 0 bridgehead atoms. The second-order valence-electron chi connectivity index (χ2n) is 5.12. The summed E-state index contributed by atoms with van der Waals surface area (Å²) in [6, 6.07) is 0. The van der Waals surface area contributed by atoms with Crippen LogP contribution in [0.3, 0.4) is 0 Å². The molecule has 2 rings (SSSR count). The number of allylic oxidation sites excluding steroid dienone is 1. The number of hydrogen-bond donors (Lipinski definition) is 0. The van der Waals surface area contributed by atoms with E-state index in [1.165, 1.54) is 0 Å². The first-order valence-electron chi connectivity index (χ1n) is 6.70. The lowest BCUT2D eigenvalue weighted by atomic mass is 9.75. The van der Waals surface area contributed by atoms with Gasteiger partial charge in [0.05, 0.1) is 25.7 Å². The summed E-state index contributed by atoms with van der Waals surface area (Å²) in [5.74, 6) is -0.718. The maximum absolute atomic E-state index is 11.8. The summed E-state index contributed by atoms with van der Waals surface area (Å²) in [4.78, 5) is 11.8. The zero-order valence-corrected chi connectivity index (χ0v) is 11.2. The van der Waals surface area contributed by atoms with Crippen LogP contribution in [0.4, 0.5) is 0 Å². The SMILES string of the molecule is C=C1CCC2(CC1[C@@H](C)C(=O)OCC)OCCO2. The lowest BCUT2D eigenvalue weighted by molar-refractivity contribution is -0.185. The molecule has 1 heterocycles. The zero-order chi connectivity index (χ0) is 13.2. The molecule has 0 amide bonds.